The average molecular weight is 380 g/mol. The molecule has 1 N–H and O–H groups in total. The van der Waals surface area contributed by atoms with Crippen LogP contribution in [0.3, 0.4) is 0 Å². The van der Waals surface area contributed by atoms with Crippen LogP contribution in [0.1, 0.15) is 97.3 Å². The second kappa shape index (κ2) is 18.1. The number of hydrogen-bond donors (Lipinski definition) is 1. The van der Waals surface area contributed by atoms with Crippen molar-refractivity contribution in [2.45, 2.75) is 103 Å². The lowest BCUT2D eigenvalue weighted by Gasteiger charge is -2.09. The Morgan fingerprint density at radius 3 is 2.30 bits per heavy atom. The third kappa shape index (κ3) is 17.9. The van der Waals surface area contributed by atoms with Crippen molar-refractivity contribution in [3.05, 3.63) is 12.7 Å². The van der Waals surface area contributed by atoms with Crippen LogP contribution in [0.4, 0.5) is 4.39 Å². The lowest BCUT2D eigenvalue weighted by atomic mass is 9.97. The highest BCUT2D eigenvalue weighted by molar-refractivity contribution is 5.75. The number of carbonyl (C=O) groups is 1. The fraction of sp³-hybridized carbons (Fsp3) is 0.792. The molecule has 2 atom stereocenters. The zero-order chi connectivity index (χ0) is 20.3. The molecule has 0 aliphatic rings. The van der Waals surface area contributed by atoms with Gasteiger partial charge in [-0.2, -0.15) is 0 Å². The minimum Gasteiger partial charge on any atom is -0.359 e. The van der Waals surface area contributed by atoms with Gasteiger partial charge >= 0.3 is 0 Å². The molecule has 0 radical (unpaired) electrons. The molecular formula is C24H42FNO. The highest BCUT2D eigenvalue weighted by atomic mass is 19.1. The first kappa shape index (κ1) is 25.7. The number of rotatable bonds is 16. The number of alkyl halides is 1. The predicted octanol–water partition coefficient (Wildman–Crippen LogP) is 6.60. The van der Waals surface area contributed by atoms with Crippen molar-refractivity contribution in [1.82, 2.24) is 5.32 Å². The van der Waals surface area contributed by atoms with E-state index in [1.165, 1.54) is 32.1 Å². The molecule has 0 rings (SSSR count). The highest BCUT2D eigenvalue weighted by Gasteiger charge is 2.08. The van der Waals surface area contributed by atoms with Gasteiger partial charge in [-0.25, -0.2) is 4.39 Å². The van der Waals surface area contributed by atoms with E-state index in [-0.39, 0.29) is 5.91 Å². The van der Waals surface area contributed by atoms with Gasteiger partial charge in [-0.1, -0.05) is 64.4 Å². The molecule has 156 valence electrons. The number of halogens is 1. The summed E-state index contributed by atoms with van der Waals surface area (Å²) in [5, 5.41) is 2.66. The Bertz CT molecular complexity index is 435. The molecule has 0 fully saturated rings. The Kier molecular flexibility index (Phi) is 17.2. The number of hydrogen-bond acceptors (Lipinski definition) is 1. The summed E-state index contributed by atoms with van der Waals surface area (Å²) in [5.74, 6) is 7.46. The fourth-order valence-corrected chi connectivity index (χ4v) is 3.21. The number of nitrogens with one attached hydrogen (secondary N) is 1. The van der Waals surface area contributed by atoms with Gasteiger partial charge in [0.2, 0.25) is 5.91 Å². The molecule has 0 bridgehead atoms. The number of amides is 1. The molecule has 0 aromatic rings. The normalized spacial score (nSPS) is 12.9. The highest BCUT2D eigenvalue weighted by Crippen LogP contribution is 2.16. The Morgan fingerprint density at radius 2 is 1.70 bits per heavy atom. The second-order valence-corrected chi connectivity index (χ2v) is 7.99. The first-order valence-corrected chi connectivity index (χ1v) is 10.9. The van der Waals surface area contributed by atoms with Crippen LogP contribution >= 0.6 is 0 Å². The zero-order valence-corrected chi connectivity index (χ0v) is 18.0. The minimum atomic E-state index is -0.714. The topological polar surface area (TPSA) is 29.1 Å². The zero-order valence-electron chi connectivity index (χ0n) is 18.0. The molecule has 3 heteroatoms. The van der Waals surface area contributed by atoms with Crippen molar-refractivity contribution in [3.8, 4) is 11.8 Å². The maximum absolute atomic E-state index is 13.7. The summed E-state index contributed by atoms with van der Waals surface area (Å²) in [4.78, 5) is 11.1. The van der Waals surface area contributed by atoms with Crippen LogP contribution in [0.25, 0.3) is 0 Å². The molecule has 0 aliphatic heterocycles. The third-order valence-corrected chi connectivity index (χ3v) is 4.80. The summed E-state index contributed by atoms with van der Waals surface area (Å²) in [6, 6.07) is 0. The molecule has 27 heavy (non-hydrogen) atoms. The van der Waals surface area contributed by atoms with Crippen molar-refractivity contribution in [3.63, 3.8) is 0 Å². The number of allylic oxidation sites excluding steroid dienone is 1. The van der Waals surface area contributed by atoms with Gasteiger partial charge in [-0.3, -0.25) is 4.79 Å². The summed E-state index contributed by atoms with van der Waals surface area (Å²) >= 11 is 0. The van der Waals surface area contributed by atoms with Crippen LogP contribution < -0.4 is 5.32 Å². The Morgan fingerprint density at radius 1 is 1.07 bits per heavy atom. The van der Waals surface area contributed by atoms with E-state index in [4.69, 9.17) is 0 Å². The molecule has 0 aliphatic carbocycles. The molecular weight excluding hydrogens is 337 g/mol. The molecule has 0 heterocycles. The summed E-state index contributed by atoms with van der Waals surface area (Å²) in [5.41, 5.74) is 0. The van der Waals surface area contributed by atoms with Crippen molar-refractivity contribution < 1.29 is 9.18 Å². The summed E-state index contributed by atoms with van der Waals surface area (Å²) < 4.78 is 13.7. The molecule has 0 saturated carbocycles. The molecule has 2 nitrogen and oxygen atoms in total. The Hall–Kier alpha value is -1.30. The maximum Gasteiger partial charge on any atom is 0.219 e. The van der Waals surface area contributed by atoms with Gasteiger partial charge in [0.15, 0.2) is 0 Å². The van der Waals surface area contributed by atoms with Crippen LogP contribution in [-0.4, -0.2) is 19.1 Å². The first-order chi connectivity index (χ1) is 13.0. The van der Waals surface area contributed by atoms with Gasteiger partial charge in [0.05, 0.1) is 0 Å². The van der Waals surface area contributed by atoms with E-state index in [1.54, 1.807) is 7.05 Å². The van der Waals surface area contributed by atoms with Crippen molar-refractivity contribution in [1.29, 1.82) is 0 Å². The van der Waals surface area contributed by atoms with Crippen LogP contribution in [0.2, 0.25) is 0 Å². The van der Waals surface area contributed by atoms with Crippen LogP contribution in [0.15, 0.2) is 12.7 Å². The average Bonchev–Trinajstić information content (AvgIpc) is 2.62. The van der Waals surface area contributed by atoms with E-state index in [0.717, 1.165) is 25.7 Å². The van der Waals surface area contributed by atoms with Gasteiger partial charge < -0.3 is 5.32 Å². The maximum atomic E-state index is 13.7. The largest absolute Gasteiger partial charge is 0.359 e. The minimum absolute atomic E-state index is 0.145. The van der Waals surface area contributed by atoms with E-state index in [2.05, 4.69) is 37.6 Å². The van der Waals surface area contributed by atoms with E-state index < -0.39 is 6.17 Å². The van der Waals surface area contributed by atoms with Gasteiger partial charge in [-0.05, 0) is 38.0 Å². The Balaban J connectivity index is 3.77. The monoisotopic (exact) mass is 379 g/mol. The molecule has 0 spiro atoms. The van der Waals surface area contributed by atoms with E-state index in [9.17, 15) is 9.18 Å². The second-order valence-electron chi connectivity index (χ2n) is 7.99. The fourth-order valence-electron chi connectivity index (χ4n) is 3.21. The predicted molar refractivity (Wildman–Crippen MR) is 115 cm³/mol. The molecule has 0 saturated heterocycles. The van der Waals surface area contributed by atoms with Crippen molar-refractivity contribution in [2.75, 3.05) is 7.05 Å². The Labute approximate surface area is 167 Å². The SMILES string of the molecule is C=CCC(C#CCCC(F)CC(C)C)CCCCCCCCCC(=O)NC. The molecule has 0 aromatic heterocycles. The van der Waals surface area contributed by atoms with E-state index in [0.29, 0.717) is 37.5 Å². The van der Waals surface area contributed by atoms with Gasteiger partial charge in [0.25, 0.3) is 0 Å². The number of carbonyl (C=O) groups excluding carboxylic acids is 1. The summed E-state index contributed by atoms with van der Waals surface area (Å²) in [6.45, 7) is 7.96. The van der Waals surface area contributed by atoms with Crippen molar-refractivity contribution >= 4 is 5.91 Å². The van der Waals surface area contributed by atoms with E-state index >= 15 is 0 Å². The smallest absolute Gasteiger partial charge is 0.219 e. The van der Waals surface area contributed by atoms with Gasteiger partial charge in [0, 0.05) is 25.8 Å². The van der Waals surface area contributed by atoms with Crippen LogP contribution in [0, 0.1) is 23.7 Å². The first-order valence-electron chi connectivity index (χ1n) is 10.9. The quantitative estimate of drug-likeness (QED) is 0.183. The summed E-state index contributed by atoms with van der Waals surface area (Å²) in [7, 11) is 1.69. The van der Waals surface area contributed by atoms with Crippen LogP contribution in [-0.2, 0) is 4.79 Å². The lowest BCUT2D eigenvalue weighted by Crippen LogP contribution is -2.16. The van der Waals surface area contributed by atoms with Crippen molar-refractivity contribution in [2.24, 2.45) is 11.8 Å². The lowest BCUT2D eigenvalue weighted by molar-refractivity contribution is -0.120. The molecule has 0 aromatic carbocycles. The molecule has 1 amide bonds. The number of unbranched alkanes of at least 4 members (excludes halogenated alkanes) is 6. The van der Waals surface area contributed by atoms with Crippen LogP contribution in [0.5, 0.6) is 0 Å². The van der Waals surface area contributed by atoms with Gasteiger partial charge in [0.1, 0.15) is 6.17 Å². The summed E-state index contributed by atoms with van der Waals surface area (Å²) in [6.07, 6.45) is 14.1. The van der Waals surface area contributed by atoms with E-state index in [1.807, 2.05) is 6.08 Å². The molecule has 2 unspecified atom stereocenters. The van der Waals surface area contributed by atoms with Gasteiger partial charge in [-0.15, -0.1) is 12.5 Å². The standard InChI is InChI=1S/C24H42FNO/c1-5-15-22(17-13-14-18-23(25)20-21(2)3)16-11-9-7-6-8-10-12-19-24(27)26-4/h5,21-23H,1,6-12,14-16,18-20H2,2-4H3,(H,26,27). The third-order valence-electron chi connectivity index (χ3n) is 4.80.